The van der Waals surface area contributed by atoms with Gasteiger partial charge in [-0.25, -0.2) is 4.79 Å². The van der Waals surface area contributed by atoms with Gasteiger partial charge in [-0.3, -0.25) is 19.6 Å². The van der Waals surface area contributed by atoms with E-state index < -0.39 is 5.54 Å². The number of nitrogens with one attached hydrogen (secondary N) is 1. The van der Waals surface area contributed by atoms with Gasteiger partial charge in [0.15, 0.2) is 0 Å². The van der Waals surface area contributed by atoms with Crippen molar-refractivity contribution in [2.24, 2.45) is 0 Å². The number of hydrogen-bond acceptors (Lipinski definition) is 4. The number of rotatable bonds is 5. The van der Waals surface area contributed by atoms with Crippen LogP contribution in [0.3, 0.4) is 0 Å². The molecule has 1 N–H and O–H groups in total. The second-order valence-electron chi connectivity index (χ2n) is 8.37. The maximum absolute atomic E-state index is 13.2. The van der Waals surface area contributed by atoms with Crippen molar-refractivity contribution >= 4 is 11.9 Å². The van der Waals surface area contributed by atoms with E-state index in [2.05, 4.69) is 53.6 Å². The molecular formula is C23H28N4O2. The lowest BCUT2D eigenvalue weighted by molar-refractivity contribution is -0.133. The minimum absolute atomic E-state index is 0.0770. The molecule has 0 radical (unpaired) electrons. The molecule has 1 aliphatic carbocycles. The number of amides is 3. The molecule has 6 heteroatoms. The molecule has 6 nitrogen and oxygen atoms in total. The molecular weight excluding hydrogens is 364 g/mol. The van der Waals surface area contributed by atoms with E-state index in [4.69, 9.17) is 0 Å². The van der Waals surface area contributed by atoms with Gasteiger partial charge in [0.1, 0.15) is 5.54 Å². The average Bonchev–Trinajstić information content (AvgIpc) is 2.97. The Kier molecular flexibility index (Phi) is 5.13. The van der Waals surface area contributed by atoms with Gasteiger partial charge >= 0.3 is 6.03 Å². The Hall–Kier alpha value is -2.73. The van der Waals surface area contributed by atoms with Crippen LogP contribution in [0.4, 0.5) is 4.79 Å². The van der Waals surface area contributed by atoms with Gasteiger partial charge in [-0.1, -0.05) is 36.4 Å². The summed E-state index contributed by atoms with van der Waals surface area (Å²) >= 11 is 0. The van der Waals surface area contributed by atoms with Crippen molar-refractivity contribution in [3.63, 3.8) is 0 Å². The van der Waals surface area contributed by atoms with E-state index in [1.54, 1.807) is 12.4 Å². The smallest absolute Gasteiger partial charge is 0.323 e. The predicted octanol–water partition coefficient (Wildman–Crippen LogP) is 2.95. The Morgan fingerprint density at radius 1 is 1.03 bits per heavy atom. The zero-order valence-corrected chi connectivity index (χ0v) is 17.1. The van der Waals surface area contributed by atoms with Crippen LogP contribution in [-0.2, 0) is 16.8 Å². The zero-order chi connectivity index (χ0) is 20.5. The predicted molar refractivity (Wildman–Crippen MR) is 111 cm³/mol. The molecule has 1 aromatic carbocycles. The second kappa shape index (κ2) is 7.59. The highest BCUT2D eigenvalue weighted by Gasteiger charge is 2.55. The highest BCUT2D eigenvalue weighted by atomic mass is 16.2. The van der Waals surface area contributed by atoms with Gasteiger partial charge in [0, 0.05) is 24.5 Å². The minimum atomic E-state index is -0.764. The second-order valence-corrected chi connectivity index (χ2v) is 8.37. The van der Waals surface area contributed by atoms with Crippen LogP contribution in [0.1, 0.15) is 36.8 Å². The molecule has 0 bridgehead atoms. The summed E-state index contributed by atoms with van der Waals surface area (Å²) in [5.41, 5.74) is 1.42. The molecule has 1 saturated carbocycles. The van der Waals surface area contributed by atoms with Gasteiger partial charge in [0.2, 0.25) is 0 Å². The number of pyridine rings is 1. The lowest BCUT2D eigenvalue weighted by Crippen LogP contribution is -2.55. The maximum atomic E-state index is 13.2. The van der Waals surface area contributed by atoms with Crippen molar-refractivity contribution < 1.29 is 9.59 Å². The third-order valence-electron chi connectivity index (χ3n) is 6.69. The summed E-state index contributed by atoms with van der Waals surface area (Å²) in [7, 11) is 4.19. The number of urea groups is 1. The first-order chi connectivity index (χ1) is 14.0. The van der Waals surface area contributed by atoms with Gasteiger partial charge in [0.05, 0.1) is 0 Å². The summed E-state index contributed by atoms with van der Waals surface area (Å²) < 4.78 is 0. The highest BCUT2D eigenvalue weighted by Crippen LogP contribution is 2.46. The first-order valence-corrected chi connectivity index (χ1v) is 10.2. The molecule has 1 saturated heterocycles. The first-order valence-electron chi connectivity index (χ1n) is 10.2. The lowest BCUT2D eigenvalue weighted by atomic mass is 9.68. The SMILES string of the molecule is CN(C)[C@]1(c2ccccc2)CC[C@@]2(CC1)NC(=O)N(CCc1cccnc1)C2=O. The Labute approximate surface area is 171 Å². The lowest BCUT2D eigenvalue weighted by Gasteiger charge is -2.48. The third-order valence-corrected chi connectivity index (χ3v) is 6.69. The van der Waals surface area contributed by atoms with Crippen molar-refractivity contribution in [1.29, 1.82) is 0 Å². The largest absolute Gasteiger partial charge is 0.325 e. The number of carbonyl (C=O) groups excluding carboxylic acids is 2. The standard InChI is InChI=1S/C23H28N4O2/c1-26(2)23(19-8-4-3-5-9-19)13-11-22(12-14-23)20(28)27(21(29)25-22)16-10-18-7-6-15-24-17-18/h3-9,15,17H,10-14,16H2,1-2H3,(H,25,29)/t22-,23+. The molecule has 0 unspecified atom stereocenters. The molecule has 4 rings (SSSR count). The molecule has 2 heterocycles. The summed E-state index contributed by atoms with van der Waals surface area (Å²) in [5.74, 6) is -0.0770. The van der Waals surface area contributed by atoms with E-state index in [0.717, 1.165) is 18.4 Å². The van der Waals surface area contributed by atoms with Crippen LogP contribution in [-0.4, -0.2) is 52.9 Å². The Morgan fingerprint density at radius 3 is 2.38 bits per heavy atom. The van der Waals surface area contributed by atoms with Gasteiger partial charge in [-0.2, -0.15) is 0 Å². The first kappa shape index (κ1) is 19.6. The maximum Gasteiger partial charge on any atom is 0.325 e. The molecule has 1 spiro atoms. The van der Waals surface area contributed by atoms with Crippen molar-refractivity contribution in [2.75, 3.05) is 20.6 Å². The summed E-state index contributed by atoms with van der Waals surface area (Å²) in [6, 6.07) is 14.0. The van der Waals surface area contributed by atoms with Crippen LogP contribution in [0.15, 0.2) is 54.9 Å². The Bertz CT molecular complexity index is 874. The van der Waals surface area contributed by atoms with Crippen LogP contribution >= 0.6 is 0 Å². The van der Waals surface area contributed by atoms with Crippen LogP contribution in [0.5, 0.6) is 0 Å². The van der Waals surface area contributed by atoms with Crippen LogP contribution in [0.25, 0.3) is 0 Å². The molecule has 29 heavy (non-hydrogen) atoms. The molecule has 1 aliphatic heterocycles. The highest BCUT2D eigenvalue weighted by molar-refractivity contribution is 6.07. The molecule has 3 amide bonds. The Balaban J connectivity index is 1.49. The quantitative estimate of drug-likeness (QED) is 0.795. The molecule has 2 fully saturated rings. The fraction of sp³-hybridized carbons (Fsp3) is 0.435. The topological polar surface area (TPSA) is 65.5 Å². The molecule has 152 valence electrons. The number of carbonyl (C=O) groups is 2. The zero-order valence-electron chi connectivity index (χ0n) is 17.1. The summed E-state index contributed by atoms with van der Waals surface area (Å²) in [6.07, 6.45) is 7.06. The number of aromatic nitrogens is 1. The number of hydrogen-bond donors (Lipinski definition) is 1. The summed E-state index contributed by atoms with van der Waals surface area (Å²) in [4.78, 5) is 33.6. The monoisotopic (exact) mass is 392 g/mol. The van der Waals surface area contributed by atoms with Crippen LogP contribution in [0, 0.1) is 0 Å². The van der Waals surface area contributed by atoms with Crippen molar-refractivity contribution in [1.82, 2.24) is 20.1 Å². The van der Waals surface area contributed by atoms with Gasteiger partial charge in [-0.15, -0.1) is 0 Å². The van der Waals surface area contributed by atoms with E-state index in [-0.39, 0.29) is 17.5 Å². The number of imide groups is 1. The van der Waals surface area contributed by atoms with Crippen molar-refractivity contribution in [3.05, 3.63) is 66.0 Å². The average molecular weight is 393 g/mol. The molecule has 2 aromatic rings. The van der Waals surface area contributed by atoms with E-state index >= 15 is 0 Å². The molecule has 1 aromatic heterocycles. The number of benzene rings is 1. The van der Waals surface area contributed by atoms with Crippen molar-refractivity contribution in [3.8, 4) is 0 Å². The van der Waals surface area contributed by atoms with Crippen LogP contribution in [0.2, 0.25) is 0 Å². The van der Waals surface area contributed by atoms with E-state index in [0.29, 0.717) is 25.8 Å². The summed E-state index contributed by atoms with van der Waals surface area (Å²) in [5, 5.41) is 3.04. The number of nitrogens with zero attached hydrogens (tertiary/aromatic N) is 3. The van der Waals surface area contributed by atoms with Crippen molar-refractivity contribution in [2.45, 2.75) is 43.2 Å². The van der Waals surface area contributed by atoms with E-state index in [9.17, 15) is 9.59 Å². The molecule has 2 aliphatic rings. The van der Waals surface area contributed by atoms with Gasteiger partial charge in [-0.05, 0) is 63.4 Å². The fourth-order valence-corrected chi connectivity index (χ4v) is 4.84. The van der Waals surface area contributed by atoms with Crippen LogP contribution < -0.4 is 5.32 Å². The Morgan fingerprint density at radius 2 is 1.76 bits per heavy atom. The summed E-state index contributed by atoms with van der Waals surface area (Å²) in [6.45, 7) is 0.385. The van der Waals surface area contributed by atoms with Gasteiger partial charge < -0.3 is 5.32 Å². The van der Waals surface area contributed by atoms with E-state index in [1.165, 1.54) is 10.5 Å². The normalized spacial score (nSPS) is 26.9. The third kappa shape index (κ3) is 3.42. The molecule has 0 atom stereocenters. The minimum Gasteiger partial charge on any atom is -0.323 e. The van der Waals surface area contributed by atoms with E-state index in [1.807, 2.05) is 18.2 Å². The van der Waals surface area contributed by atoms with Gasteiger partial charge in [0.25, 0.3) is 5.91 Å². The fourth-order valence-electron chi connectivity index (χ4n) is 4.84.